The quantitative estimate of drug-likeness (QED) is 0.841. The third-order valence-corrected chi connectivity index (χ3v) is 3.37. The van der Waals surface area contributed by atoms with E-state index < -0.39 is 0 Å². The first-order chi connectivity index (χ1) is 10.5. The Hall–Kier alpha value is -2.08. The summed E-state index contributed by atoms with van der Waals surface area (Å²) < 4.78 is 20.0. The third kappa shape index (κ3) is 4.21. The van der Waals surface area contributed by atoms with Crippen LogP contribution in [-0.4, -0.2) is 37.9 Å². The molecule has 0 aliphatic carbocycles. The number of ether oxygens (including phenoxy) is 1. The van der Waals surface area contributed by atoms with Crippen molar-refractivity contribution in [2.24, 2.45) is 0 Å². The number of anilines is 2. The minimum Gasteiger partial charge on any atom is -0.372 e. The maximum absolute atomic E-state index is 14.3. The third-order valence-electron chi connectivity index (χ3n) is 3.37. The van der Waals surface area contributed by atoms with E-state index in [1.807, 2.05) is 18.7 Å². The number of carbonyl (C=O) groups excluding carboxylic acids is 1. The number of carbonyl (C=O) groups is 1. The molecule has 0 radical (unpaired) electrons. The first-order valence-corrected chi connectivity index (χ1v) is 7.35. The molecule has 0 bridgehead atoms. The molecule has 1 heterocycles. The van der Waals surface area contributed by atoms with Crippen LogP contribution >= 0.6 is 0 Å². The predicted octanol–water partition coefficient (Wildman–Crippen LogP) is 2.75. The fourth-order valence-electron chi connectivity index (χ4n) is 2.56. The van der Waals surface area contributed by atoms with Crippen LogP contribution in [0.1, 0.15) is 13.8 Å². The second-order valence-electron chi connectivity index (χ2n) is 5.45. The van der Waals surface area contributed by atoms with Gasteiger partial charge in [-0.25, -0.2) is 9.18 Å². The first-order valence-electron chi connectivity index (χ1n) is 7.35. The van der Waals surface area contributed by atoms with Gasteiger partial charge < -0.3 is 20.3 Å². The zero-order valence-electron chi connectivity index (χ0n) is 12.9. The van der Waals surface area contributed by atoms with Crippen molar-refractivity contribution in [2.45, 2.75) is 26.1 Å². The molecule has 0 saturated carbocycles. The Bertz CT molecular complexity index is 540. The lowest BCUT2D eigenvalue weighted by molar-refractivity contribution is -0.00539. The molecule has 1 aromatic carbocycles. The van der Waals surface area contributed by atoms with E-state index in [4.69, 9.17) is 4.74 Å². The molecule has 1 aliphatic heterocycles. The average Bonchev–Trinajstić information content (AvgIpc) is 2.44. The number of hydrogen-bond donors (Lipinski definition) is 2. The van der Waals surface area contributed by atoms with Gasteiger partial charge in [-0.05, 0) is 32.0 Å². The number of nitrogens with one attached hydrogen (secondary N) is 2. The first kappa shape index (κ1) is 16.3. The van der Waals surface area contributed by atoms with Crippen molar-refractivity contribution in [1.82, 2.24) is 5.32 Å². The van der Waals surface area contributed by atoms with Gasteiger partial charge in [-0.3, -0.25) is 0 Å². The van der Waals surface area contributed by atoms with Crippen LogP contribution < -0.4 is 15.5 Å². The Morgan fingerprint density at radius 3 is 2.73 bits per heavy atom. The molecule has 1 fully saturated rings. The molecule has 1 aromatic rings. The van der Waals surface area contributed by atoms with Gasteiger partial charge in [-0.1, -0.05) is 6.08 Å². The number of morpholine rings is 1. The second-order valence-corrected chi connectivity index (χ2v) is 5.45. The number of rotatable bonds is 4. The minimum absolute atomic E-state index is 0.0608. The van der Waals surface area contributed by atoms with Crippen molar-refractivity contribution in [3.63, 3.8) is 0 Å². The lowest BCUT2D eigenvalue weighted by atomic mass is 10.2. The van der Waals surface area contributed by atoms with E-state index in [0.29, 0.717) is 31.0 Å². The summed E-state index contributed by atoms with van der Waals surface area (Å²) in [4.78, 5) is 13.5. The van der Waals surface area contributed by atoms with Gasteiger partial charge in [-0.2, -0.15) is 0 Å². The summed E-state index contributed by atoms with van der Waals surface area (Å²) in [5, 5.41) is 5.16. The second kappa shape index (κ2) is 7.26. The highest BCUT2D eigenvalue weighted by Gasteiger charge is 2.24. The molecule has 2 rings (SSSR count). The van der Waals surface area contributed by atoms with Gasteiger partial charge in [-0.15, -0.1) is 6.58 Å². The average molecular weight is 307 g/mol. The van der Waals surface area contributed by atoms with Crippen LogP contribution in [0.4, 0.5) is 20.6 Å². The normalized spacial score (nSPS) is 21.3. The fourth-order valence-corrected chi connectivity index (χ4v) is 2.56. The zero-order chi connectivity index (χ0) is 16.1. The molecule has 0 aromatic heterocycles. The molecule has 0 unspecified atom stereocenters. The number of hydrogen-bond acceptors (Lipinski definition) is 3. The summed E-state index contributed by atoms with van der Waals surface area (Å²) in [6.45, 7) is 9.11. The van der Waals surface area contributed by atoms with Crippen LogP contribution in [0.5, 0.6) is 0 Å². The molecule has 2 amide bonds. The van der Waals surface area contributed by atoms with Gasteiger partial charge in [0.25, 0.3) is 0 Å². The molecule has 2 N–H and O–H groups in total. The molecule has 1 aliphatic rings. The van der Waals surface area contributed by atoms with E-state index in [2.05, 4.69) is 17.2 Å². The van der Waals surface area contributed by atoms with Crippen LogP contribution in [0.2, 0.25) is 0 Å². The predicted molar refractivity (Wildman–Crippen MR) is 85.8 cm³/mol. The van der Waals surface area contributed by atoms with Crippen LogP contribution in [-0.2, 0) is 4.74 Å². The van der Waals surface area contributed by atoms with Crippen LogP contribution in [0.15, 0.2) is 30.9 Å². The van der Waals surface area contributed by atoms with Crippen molar-refractivity contribution in [1.29, 1.82) is 0 Å². The van der Waals surface area contributed by atoms with E-state index in [1.54, 1.807) is 18.2 Å². The van der Waals surface area contributed by atoms with Crippen molar-refractivity contribution in [2.75, 3.05) is 29.9 Å². The van der Waals surface area contributed by atoms with Gasteiger partial charge >= 0.3 is 6.03 Å². The highest BCUT2D eigenvalue weighted by atomic mass is 19.1. The lowest BCUT2D eigenvalue weighted by Gasteiger charge is -2.37. The molecular weight excluding hydrogens is 285 g/mol. The largest absolute Gasteiger partial charge is 0.372 e. The topological polar surface area (TPSA) is 53.6 Å². The smallest absolute Gasteiger partial charge is 0.319 e. The number of halogens is 1. The number of amides is 2. The van der Waals surface area contributed by atoms with Gasteiger partial charge in [0.1, 0.15) is 5.82 Å². The Labute approximate surface area is 130 Å². The molecule has 22 heavy (non-hydrogen) atoms. The summed E-state index contributed by atoms with van der Waals surface area (Å²) in [5.74, 6) is -0.358. The fraction of sp³-hybridized carbons (Fsp3) is 0.438. The van der Waals surface area contributed by atoms with Gasteiger partial charge in [0.15, 0.2) is 0 Å². The SMILES string of the molecule is C=CCNC(=O)Nc1ccc(N2C[C@H](C)O[C@@H](C)C2)c(F)c1. The maximum Gasteiger partial charge on any atom is 0.319 e. The van der Waals surface area contributed by atoms with E-state index in [9.17, 15) is 9.18 Å². The van der Waals surface area contributed by atoms with Crippen molar-refractivity contribution in [3.05, 3.63) is 36.7 Å². The van der Waals surface area contributed by atoms with E-state index in [1.165, 1.54) is 6.07 Å². The summed E-state index contributed by atoms with van der Waals surface area (Å²) in [6, 6.07) is 4.31. The van der Waals surface area contributed by atoms with Gasteiger partial charge in [0.05, 0.1) is 17.9 Å². The van der Waals surface area contributed by atoms with Crippen molar-refractivity contribution < 1.29 is 13.9 Å². The standard InChI is InChI=1S/C16H22FN3O2/c1-4-7-18-16(21)19-13-5-6-15(14(17)8-13)20-9-11(2)22-12(3)10-20/h4-6,8,11-12H,1,7,9-10H2,2-3H3,(H2,18,19,21)/t11-,12-/m0/s1. The van der Waals surface area contributed by atoms with Crippen LogP contribution in [0, 0.1) is 5.82 Å². The van der Waals surface area contributed by atoms with Gasteiger partial charge in [0, 0.05) is 25.3 Å². The molecule has 5 nitrogen and oxygen atoms in total. The molecule has 2 atom stereocenters. The maximum atomic E-state index is 14.3. The van der Waals surface area contributed by atoms with Crippen molar-refractivity contribution >= 4 is 17.4 Å². The monoisotopic (exact) mass is 307 g/mol. The highest BCUT2D eigenvalue weighted by molar-refractivity contribution is 5.89. The molecular formula is C16H22FN3O2. The van der Waals surface area contributed by atoms with E-state index in [-0.39, 0.29) is 24.1 Å². The lowest BCUT2D eigenvalue weighted by Crippen LogP contribution is -2.45. The van der Waals surface area contributed by atoms with Gasteiger partial charge in [0.2, 0.25) is 0 Å². The number of nitrogens with zero attached hydrogens (tertiary/aromatic N) is 1. The zero-order valence-corrected chi connectivity index (χ0v) is 12.9. The molecule has 0 spiro atoms. The summed E-state index contributed by atoms with van der Waals surface area (Å²) in [5.41, 5.74) is 0.941. The summed E-state index contributed by atoms with van der Waals surface area (Å²) in [6.07, 6.45) is 1.69. The minimum atomic E-state index is -0.388. The van der Waals surface area contributed by atoms with E-state index in [0.717, 1.165) is 0 Å². The van der Waals surface area contributed by atoms with Crippen molar-refractivity contribution in [3.8, 4) is 0 Å². The Morgan fingerprint density at radius 1 is 1.45 bits per heavy atom. The number of urea groups is 1. The van der Waals surface area contributed by atoms with E-state index >= 15 is 0 Å². The van der Waals surface area contributed by atoms with Crippen LogP contribution in [0.25, 0.3) is 0 Å². The molecule has 1 saturated heterocycles. The Morgan fingerprint density at radius 2 is 2.14 bits per heavy atom. The Balaban J connectivity index is 2.06. The summed E-state index contributed by atoms with van der Waals surface area (Å²) in [7, 11) is 0. The number of benzene rings is 1. The highest BCUT2D eigenvalue weighted by Crippen LogP contribution is 2.26. The molecule has 120 valence electrons. The molecule has 6 heteroatoms. The van der Waals surface area contributed by atoms with Crippen LogP contribution in [0.3, 0.4) is 0 Å². The summed E-state index contributed by atoms with van der Waals surface area (Å²) >= 11 is 0. The Kier molecular flexibility index (Phi) is 5.38.